The molecule has 0 saturated carbocycles. The zero-order valence-corrected chi connectivity index (χ0v) is 12.8. The average molecular weight is 291 g/mol. The highest BCUT2D eigenvalue weighted by Crippen LogP contribution is 2.36. The summed E-state index contributed by atoms with van der Waals surface area (Å²) in [6.07, 6.45) is 5.82. The summed E-state index contributed by atoms with van der Waals surface area (Å²) in [6.45, 7) is 2.24. The first-order valence-corrected chi connectivity index (χ1v) is 7.99. The van der Waals surface area contributed by atoms with Gasteiger partial charge in [-0.1, -0.05) is 18.6 Å². The summed E-state index contributed by atoms with van der Waals surface area (Å²) in [7, 11) is 1.69. The number of likely N-dealkylation sites (tertiary alicyclic amines) is 1. The second kappa shape index (κ2) is 6.67. The minimum Gasteiger partial charge on any atom is -0.493 e. The van der Waals surface area contributed by atoms with Crippen LogP contribution in [0.5, 0.6) is 11.5 Å². The lowest BCUT2D eigenvalue weighted by molar-refractivity contribution is 0.0431. The topological polar surface area (TPSA) is 41.9 Å². The Hall–Kier alpha value is -1.26. The van der Waals surface area contributed by atoms with Gasteiger partial charge in [-0.15, -0.1) is 0 Å². The van der Waals surface area contributed by atoms with E-state index in [1.54, 1.807) is 7.11 Å². The molecule has 1 aromatic carbocycles. The van der Waals surface area contributed by atoms with Crippen LogP contribution in [0.1, 0.15) is 31.2 Å². The third-order valence-corrected chi connectivity index (χ3v) is 4.70. The lowest BCUT2D eigenvalue weighted by Gasteiger charge is -2.38. The number of nitrogens with zero attached hydrogens (tertiary/aromatic N) is 1. The van der Waals surface area contributed by atoms with E-state index in [0.717, 1.165) is 43.9 Å². The van der Waals surface area contributed by atoms with Crippen molar-refractivity contribution in [1.82, 2.24) is 4.90 Å². The smallest absolute Gasteiger partial charge is 0.164 e. The van der Waals surface area contributed by atoms with Crippen LogP contribution in [0.25, 0.3) is 0 Å². The first-order valence-electron chi connectivity index (χ1n) is 7.99. The van der Waals surface area contributed by atoms with Gasteiger partial charge in [0, 0.05) is 12.6 Å². The maximum atomic E-state index is 9.53. The molecule has 1 N–H and O–H groups in total. The van der Waals surface area contributed by atoms with Crippen LogP contribution in [-0.2, 0) is 6.42 Å². The van der Waals surface area contributed by atoms with E-state index in [1.165, 1.54) is 18.4 Å². The summed E-state index contributed by atoms with van der Waals surface area (Å²) in [6, 6.07) is 6.40. The highest BCUT2D eigenvalue weighted by atomic mass is 16.5. The summed E-state index contributed by atoms with van der Waals surface area (Å²) in [5.41, 5.74) is 1.24. The van der Waals surface area contributed by atoms with Crippen LogP contribution in [0.3, 0.4) is 0 Å². The third kappa shape index (κ3) is 3.16. The van der Waals surface area contributed by atoms with Crippen molar-refractivity contribution in [3.63, 3.8) is 0 Å². The van der Waals surface area contributed by atoms with E-state index in [1.807, 2.05) is 12.1 Å². The van der Waals surface area contributed by atoms with Crippen LogP contribution in [0.4, 0.5) is 0 Å². The minimum absolute atomic E-state index is 0.195. The van der Waals surface area contributed by atoms with Gasteiger partial charge in [-0.25, -0.2) is 0 Å². The molecule has 0 radical (unpaired) electrons. The molecule has 21 heavy (non-hydrogen) atoms. The molecule has 0 aromatic heterocycles. The Morgan fingerprint density at radius 1 is 1.33 bits per heavy atom. The van der Waals surface area contributed by atoms with Crippen molar-refractivity contribution in [3.8, 4) is 11.5 Å². The summed E-state index contributed by atoms with van der Waals surface area (Å²) in [5.74, 6) is 1.74. The molecule has 0 spiro atoms. The Balaban J connectivity index is 1.68. The van der Waals surface area contributed by atoms with E-state index < -0.39 is 0 Å². The summed E-state index contributed by atoms with van der Waals surface area (Å²) < 4.78 is 11.6. The standard InChI is InChI=1S/C17H25NO3/c1-20-16-7-4-5-13-8-9-15(21-17(13)16)11-18-10-3-2-6-14(18)12-19/h4-5,7,14-15,19H,2-3,6,8-12H2,1H3. The molecule has 0 bridgehead atoms. The van der Waals surface area contributed by atoms with Gasteiger partial charge in [0.1, 0.15) is 6.10 Å². The van der Waals surface area contributed by atoms with Crippen LogP contribution >= 0.6 is 0 Å². The van der Waals surface area contributed by atoms with Gasteiger partial charge in [0.15, 0.2) is 11.5 Å². The molecule has 2 heterocycles. The third-order valence-electron chi connectivity index (χ3n) is 4.70. The van der Waals surface area contributed by atoms with E-state index in [0.29, 0.717) is 6.04 Å². The van der Waals surface area contributed by atoms with E-state index in [-0.39, 0.29) is 12.7 Å². The fourth-order valence-corrected chi connectivity index (χ4v) is 3.49. The Bertz CT molecular complexity index is 463. The second-order valence-electron chi connectivity index (χ2n) is 6.05. The molecule has 2 aliphatic heterocycles. The molecule has 1 fully saturated rings. The van der Waals surface area contributed by atoms with Gasteiger partial charge in [0.05, 0.1) is 13.7 Å². The van der Waals surface area contributed by atoms with E-state index in [2.05, 4.69) is 11.0 Å². The number of piperidine rings is 1. The Morgan fingerprint density at radius 2 is 2.24 bits per heavy atom. The monoisotopic (exact) mass is 291 g/mol. The Kier molecular flexibility index (Phi) is 4.66. The van der Waals surface area contributed by atoms with Crippen LogP contribution in [-0.4, -0.2) is 49.0 Å². The average Bonchev–Trinajstić information content (AvgIpc) is 2.54. The Labute approximate surface area is 126 Å². The van der Waals surface area contributed by atoms with E-state index in [4.69, 9.17) is 9.47 Å². The van der Waals surface area contributed by atoms with Gasteiger partial charge in [-0.2, -0.15) is 0 Å². The molecule has 3 rings (SSSR count). The van der Waals surface area contributed by atoms with Crippen molar-refractivity contribution in [2.75, 3.05) is 26.8 Å². The molecule has 4 nitrogen and oxygen atoms in total. The van der Waals surface area contributed by atoms with Gasteiger partial charge < -0.3 is 14.6 Å². The maximum absolute atomic E-state index is 9.53. The van der Waals surface area contributed by atoms with E-state index in [9.17, 15) is 5.11 Å². The lowest BCUT2D eigenvalue weighted by atomic mass is 9.98. The van der Waals surface area contributed by atoms with Crippen LogP contribution in [0, 0.1) is 0 Å². The number of benzene rings is 1. The number of fused-ring (bicyclic) bond motifs is 1. The molecule has 2 atom stereocenters. The molecule has 1 aromatic rings. The summed E-state index contributed by atoms with van der Waals surface area (Å²) in [4.78, 5) is 2.40. The summed E-state index contributed by atoms with van der Waals surface area (Å²) in [5, 5.41) is 9.53. The second-order valence-corrected chi connectivity index (χ2v) is 6.05. The lowest BCUT2D eigenvalue weighted by Crippen LogP contribution is -2.47. The predicted octanol–water partition coefficient (Wildman–Crippen LogP) is 2.24. The van der Waals surface area contributed by atoms with Gasteiger partial charge in [-0.3, -0.25) is 4.90 Å². The zero-order chi connectivity index (χ0) is 14.7. The number of rotatable bonds is 4. The molecular formula is C17H25NO3. The highest BCUT2D eigenvalue weighted by molar-refractivity contribution is 5.47. The van der Waals surface area contributed by atoms with Gasteiger partial charge in [0.25, 0.3) is 0 Å². The molecule has 1 saturated heterocycles. The maximum Gasteiger partial charge on any atom is 0.164 e. The fraction of sp³-hybridized carbons (Fsp3) is 0.647. The molecule has 4 heteroatoms. The minimum atomic E-state index is 0.195. The first-order chi connectivity index (χ1) is 10.3. The largest absolute Gasteiger partial charge is 0.493 e. The van der Waals surface area contributed by atoms with Crippen LogP contribution < -0.4 is 9.47 Å². The normalized spacial score (nSPS) is 26.0. The van der Waals surface area contributed by atoms with Gasteiger partial charge >= 0.3 is 0 Å². The molecule has 2 unspecified atom stereocenters. The number of aliphatic hydroxyl groups is 1. The van der Waals surface area contributed by atoms with Gasteiger partial charge in [0.2, 0.25) is 0 Å². The van der Waals surface area contributed by atoms with Crippen molar-refractivity contribution in [3.05, 3.63) is 23.8 Å². The molecule has 0 aliphatic carbocycles. The number of methoxy groups -OCH3 is 1. The molecule has 2 aliphatic rings. The van der Waals surface area contributed by atoms with Gasteiger partial charge in [-0.05, 0) is 43.9 Å². The number of aliphatic hydroxyl groups excluding tert-OH is 1. The molecular weight excluding hydrogens is 266 g/mol. The number of aryl methyl sites for hydroxylation is 1. The number of hydrogen-bond donors (Lipinski definition) is 1. The van der Waals surface area contributed by atoms with Crippen molar-refractivity contribution in [2.45, 2.75) is 44.2 Å². The first kappa shape index (κ1) is 14.7. The van der Waals surface area contributed by atoms with Crippen molar-refractivity contribution in [2.24, 2.45) is 0 Å². The summed E-state index contributed by atoms with van der Waals surface area (Å²) >= 11 is 0. The highest BCUT2D eigenvalue weighted by Gasteiger charge is 2.28. The SMILES string of the molecule is COc1cccc2c1OC(CN1CCCCC1CO)CC2. The quantitative estimate of drug-likeness (QED) is 0.924. The number of para-hydroxylation sites is 1. The van der Waals surface area contributed by atoms with E-state index >= 15 is 0 Å². The number of ether oxygens (including phenoxy) is 2. The predicted molar refractivity (Wildman–Crippen MR) is 82.0 cm³/mol. The van der Waals surface area contributed by atoms with Crippen molar-refractivity contribution in [1.29, 1.82) is 0 Å². The molecule has 0 amide bonds. The molecule has 116 valence electrons. The van der Waals surface area contributed by atoms with Crippen molar-refractivity contribution < 1.29 is 14.6 Å². The Morgan fingerprint density at radius 3 is 3.05 bits per heavy atom. The number of hydrogen-bond acceptors (Lipinski definition) is 4. The fourth-order valence-electron chi connectivity index (χ4n) is 3.49. The van der Waals surface area contributed by atoms with Crippen molar-refractivity contribution >= 4 is 0 Å². The zero-order valence-electron chi connectivity index (χ0n) is 12.8. The van der Waals surface area contributed by atoms with Crippen LogP contribution in [0.2, 0.25) is 0 Å². The van der Waals surface area contributed by atoms with Crippen LogP contribution in [0.15, 0.2) is 18.2 Å².